The summed E-state index contributed by atoms with van der Waals surface area (Å²) >= 11 is 13.6. The van der Waals surface area contributed by atoms with E-state index in [1.54, 1.807) is 24.3 Å². The Morgan fingerprint density at radius 1 is 1.08 bits per heavy atom. The number of halogens is 2. The smallest absolute Gasteiger partial charge is 0.159 e. The monoisotopic (exact) mass is 379 g/mol. The van der Waals surface area contributed by atoms with Crippen LogP contribution in [0.5, 0.6) is 5.75 Å². The van der Waals surface area contributed by atoms with Crippen molar-refractivity contribution in [3.8, 4) is 5.75 Å². The van der Waals surface area contributed by atoms with Gasteiger partial charge in [-0.25, -0.2) is 9.97 Å². The number of hydrogen-bond donors (Lipinski definition) is 2. The molecule has 0 aliphatic heterocycles. The Balaban J connectivity index is 1.81. The van der Waals surface area contributed by atoms with Crippen molar-refractivity contribution >= 4 is 51.8 Å². The van der Waals surface area contributed by atoms with Gasteiger partial charge in [0, 0.05) is 6.54 Å². The predicted octanol–water partition coefficient (Wildman–Crippen LogP) is 5.02. The van der Waals surface area contributed by atoms with Crippen LogP contribution in [0.3, 0.4) is 0 Å². The molecule has 0 aliphatic carbocycles. The highest BCUT2D eigenvalue weighted by molar-refractivity contribution is 7.98. The molecule has 0 saturated heterocycles. The van der Waals surface area contributed by atoms with Crippen LogP contribution in [0.2, 0.25) is 10.0 Å². The summed E-state index contributed by atoms with van der Waals surface area (Å²) in [6.07, 6.45) is 2.72. The molecule has 0 bridgehead atoms. The van der Waals surface area contributed by atoms with E-state index < -0.39 is 0 Å². The summed E-state index contributed by atoms with van der Waals surface area (Å²) < 4.78 is 0. The van der Waals surface area contributed by atoms with Crippen molar-refractivity contribution < 1.29 is 5.11 Å². The van der Waals surface area contributed by atoms with Crippen molar-refractivity contribution in [3.05, 3.63) is 52.0 Å². The van der Waals surface area contributed by atoms with E-state index in [9.17, 15) is 5.11 Å². The topological polar surface area (TPSA) is 58.0 Å². The van der Waals surface area contributed by atoms with Gasteiger partial charge in [0.05, 0.1) is 21.1 Å². The van der Waals surface area contributed by atoms with Gasteiger partial charge in [-0.2, -0.15) is 0 Å². The van der Waals surface area contributed by atoms with Crippen molar-refractivity contribution in [3.63, 3.8) is 0 Å². The summed E-state index contributed by atoms with van der Waals surface area (Å²) in [5.74, 6) is 0.989. The van der Waals surface area contributed by atoms with Crippen LogP contribution in [0.1, 0.15) is 5.56 Å². The highest BCUT2D eigenvalue weighted by atomic mass is 35.5. The van der Waals surface area contributed by atoms with Crippen LogP contribution in [0, 0.1) is 0 Å². The van der Waals surface area contributed by atoms with Gasteiger partial charge in [-0.05, 0) is 42.5 Å². The highest BCUT2D eigenvalue weighted by Gasteiger charge is 2.10. The zero-order valence-corrected chi connectivity index (χ0v) is 15.2. The van der Waals surface area contributed by atoms with Gasteiger partial charge in [-0.15, -0.1) is 11.8 Å². The molecule has 0 spiro atoms. The van der Waals surface area contributed by atoms with Crippen LogP contribution < -0.4 is 5.32 Å². The van der Waals surface area contributed by atoms with Crippen molar-refractivity contribution in [2.24, 2.45) is 0 Å². The number of aromatic hydroxyl groups is 1. The number of rotatable bonds is 5. The van der Waals surface area contributed by atoms with Crippen molar-refractivity contribution in [2.75, 3.05) is 18.1 Å². The second-order valence-electron chi connectivity index (χ2n) is 5.18. The molecule has 0 fully saturated rings. The van der Waals surface area contributed by atoms with E-state index in [4.69, 9.17) is 23.2 Å². The largest absolute Gasteiger partial charge is 0.508 e. The van der Waals surface area contributed by atoms with Gasteiger partial charge in [0.15, 0.2) is 5.82 Å². The van der Waals surface area contributed by atoms with Crippen LogP contribution >= 0.6 is 35.0 Å². The number of hydrogen-bond acceptors (Lipinski definition) is 5. The van der Waals surface area contributed by atoms with Crippen molar-refractivity contribution in [1.82, 2.24) is 9.97 Å². The van der Waals surface area contributed by atoms with Gasteiger partial charge < -0.3 is 10.4 Å². The van der Waals surface area contributed by atoms with Gasteiger partial charge in [-0.1, -0.05) is 35.3 Å². The minimum atomic E-state index is 0.273. The molecular formula is C17H15Cl2N3OS. The Morgan fingerprint density at radius 3 is 2.46 bits per heavy atom. The molecule has 0 atom stereocenters. The Labute approximate surface area is 154 Å². The number of aromatic nitrogens is 2. The summed E-state index contributed by atoms with van der Waals surface area (Å²) in [6, 6.07) is 10.7. The van der Waals surface area contributed by atoms with Gasteiger partial charge in [0.1, 0.15) is 10.8 Å². The molecule has 0 saturated carbocycles. The third-order valence-electron chi connectivity index (χ3n) is 3.48. The molecule has 2 aromatic carbocycles. The molecule has 0 amide bonds. The fourth-order valence-electron chi connectivity index (χ4n) is 2.33. The summed E-state index contributed by atoms with van der Waals surface area (Å²) in [6.45, 7) is 0.679. The molecular weight excluding hydrogens is 365 g/mol. The average Bonchev–Trinajstić information content (AvgIpc) is 2.56. The lowest BCUT2D eigenvalue weighted by molar-refractivity contribution is 0.474. The van der Waals surface area contributed by atoms with Crippen LogP contribution in [-0.4, -0.2) is 27.9 Å². The van der Waals surface area contributed by atoms with Crippen LogP contribution in [0.15, 0.2) is 41.4 Å². The number of benzene rings is 2. The van der Waals surface area contributed by atoms with Crippen molar-refractivity contribution in [2.45, 2.75) is 11.4 Å². The maximum absolute atomic E-state index is 9.51. The Bertz CT molecular complexity index is 889. The molecule has 0 unspecified atom stereocenters. The third-order valence-corrected chi connectivity index (χ3v) is 4.88. The van der Waals surface area contributed by atoms with E-state index in [0.29, 0.717) is 33.4 Å². The highest BCUT2D eigenvalue weighted by Crippen LogP contribution is 2.30. The average molecular weight is 380 g/mol. The molecule has 4 nitrogen and oxygen atoms in total. The number of anilines is 1. The maximum atomic E-state index is 9.51. The normalized spacial score (nSPS) is 11.0. The van der Waals surface area contributed by atoms with Gasteiger partial charge >= 0.3 is 0 Å². The third kappa shape index (κ3) is 3.86. The minimum absolute atomic E-state index is 0.273. The van der Waals surface area contributed by atoms with E-state index in [1.165, 1.54) is 11.8 Å². The number of phenols is 1. The second kappa shape index (κ2) is 7.47. The standard InChI is InChI=1S/C17H15Cl2N3OS/c1-24-17-16(20-6-5-10-3-2-4-11(23)7-10)21-14-8-12(18)13(19)9-15(14)22-17/h2-4,7-9,23H,5-6H2,1H3,(H,20,21). The van der Waals surface area contributed by atoms with Gasteiger partial charge in [0.2, 0.25) is 0 Å². The zero-order chi connectivity index (χ0) is 17.1. The first kappa shape index (κ1) is 17.1. The number of thioether (sulfide) groups is 1. The lowest BCUT2D eigenvalue weighted by Gasteiger charge is -2.11. The summed E-state index contributed by atoms with van der Waals surface area (Å²) in [4.78, 5) is 9.20. The van der Waals surface area contributed by atoms with Crippen molar-refractivity contribution in [1.29, 1.82) is 0 Å². The molecule has 0 radical (unpaired) electrons. The predicted molar refractivity (Wildman–Crippen MR) is 102 cm³/mol. The molecule has 124 valence electrons. The van der Waals surface area contributed by atoms with Gasteiger partial charge in [-0.3, -0.25) is 0 Å². The minimum Gasteiger partial charge on any atom is -0.508 e. The fourth-order valence-corrected chi connectivity index (χ4v) is 3.15. The van der Waals surface area contributed by atoms with Crippen LogP contribution in [0.25, 0.3) is 11.0 Å². The first-order chi connectivity index (χ1) is 11.6. The summed E-state index contributed by atoms with van der Waals surface area (Å²) in [5, 5.41) is 14.5. The van der Waals surface area contributed by atoms with Gasteiger partial charge in [0.25, 0.3) is 0 Å². The Hall–Kier alpha value is -1.69. The first-order valence-corrected chi connectivity index (χ1v) is 9.27. The molecule has 2 N–H and O–H groups in total. The van der Waals surface area contributed by atoms with E-state index in [2.05, 4.69) is 15.3 Å². The van der Waals surface area contributed by atoms with E-state index in [1.807, 2.05) is 18.4 Å². The molecule has 3 rings (SSSR count). The van der Waals surface area contributed by atoms with E-state index in [0.717, 1.165) is 17.0 Å². The summed E-state index contributed by atoms with van der Waals surface area (Å²) in [5.41, 5.74) is 2.46. The molecule has 7 heteroatoms. The Kier molecular flexibility index (Phi) is 5.33. The lowest BCUT2D eigenvalue weighted by atomic mass is 10.1. The zero-order valence-electron chi connectivity index (χ0n) is 12.9. The Morgan fingerprint density at radius 2 is 1.79 bits per heavy atom. The quantitative estimate of drug-likeness (QED) is 0.609. The number of phenolic OH excluding ortho intramolecular Hbond substituents is 1. The number of nitrogens with one attached hydrogen (secondary N) is 1. The number of fused-ring (bicyclic) bond motifs is 1. The summed E-state index contributed by atoms with van der Waals surface area (Å²) in [7, 11) is 0. The SMILES string of the molecule is CSc1nc2cc(Cl)c(Cl)cc2nc1NCCc1cccc(O)c1. The second-order valence-corrected chi connectivity index (χ2v) is 6.79. The van der Waals surface area contributed by atoms with Crippen LogP contribution in [-0.2, 0) is 6.42 Å². The van der Waals surface area contributed by atoms with E-state index in [-0.39, 0.29) is 5.75 Å². The molecule has 0 aliphatic rings. The molecule has 1 heterocycles. The molecule has 1 aromatic heterocycles. The first-order valence-electron chi connectivity index (χ1n) is 7.29. The molecule has 24 heavy (non-hydrogen) atoms. The lowest BCUT2D eigenvalue weighted by Crippen LogP contribution is -2.08. The maximum Gasteiger partial charge on any atom is 0.159 e. The fraction of sp³-hybridized carbons (Fsp3) is 0.176. The van der Waals surface area contributed by atoms with E-state index >= 15 is 0 Å². The van der Waals surface area contributed by atoms with Crippen LogP contribution in [0.4, 0.5) is 5.82 Å². The number of nitrogens with zero attached hydrogens (tertiary/aromatic N) is 2. The molecule has 3 aromatic rings.